The molecule has 0 rings (SSSR count). The van der Waals surface area contributed by atoms with Crippen molar-refractivity contribution in [3.63, 3.8) is 0 Å². The monoisotopic (exact) mass is 152 g/mol. The highest BCUT2D eigenvalue weighted by molar-refractivity contribution is 5.75. The molecule has 0 radical (unpaired) electrons. The molecule has 58 valence electrons. The molecule has 4 nitrogen and oxygen atoms in total. The number of carboxylic acid groups (broad SMARTS) is 1. The summed E-state index contributed by atoms with van der Waals surface area (Å²) in [5.41, 5.74) is -1.29. The highest BCUT2D eigenvalue weighted by Gasteiger charge is 2.37. The molecule has 4 heteroatoms. The Morgan fingerprint density at radius 1 is 1.45 bits per heavy atom. The van der Waals surface area contributed by atoms with Crippen LogP contribution in [0.25, 0.3) is 0 Å². The van der Waals surface area contributed by atoms with Crippen molar-refractivity contribution < 1.29 is 9.90 Å². The van der Waals surface area contributed by atoms with E-state index in [4.69, 9.17) is 15.6 Å². The summed E-state index contributed by atoms with van der Waals surface area (Å²) in [4.78, 5) is 10.5. The van der Waals surface area contributed by atoms with Crippen LogP contribution in [0.15, 0.2) is 0 Å². The first-order valence-electron chi connectivity index (χ1n) is 2.99. The normalized spacial score (nSPS) is 10.3. The topological polar surface area (TPSA) is 84.9 Å². The first kappa shape index (κ1) is 9.45. The lowest BCUT2D eigenvalue weighted by Crippen LogP contribution is -2.31. The predicted molar refractivity (Wildman–Crippen MR) is 36.1 cm³/mol. The summed E-state index contributed by atoms with van der Waals surface area (Å²) in [5, 5.41) is 25.3. The highest BCUT2D eigenvalue weighted by atomic mass is 16.4. The van der Waals surface area contributed by atoms with Gasteiger partial charge in [-0.15, -0.1) is 0 Å². The molecular formula is C7H8N2O2. The minimum atomic E-state index is -1.29. The van der Waals surface area contributed by atoms with Gasteiger partial charge in [-0.05, 0) is 13.8 Å². The summed E-state index contributed by atoms with van der Waals surface area (Å²) in [6, 6.07) is 3.26. The van der Waals surface area contributed by atoms with Gasteiger partial charge in [-0.25, -0.2) is 0 Å². The molecule has 0 aliphatic rings. The quantitative estimate of drug-likeness (QED) is 0.632. The third kappa shape index (κ3) is 1.68. The molecule has 1 N–H and O–H groups in total. The van der Waals surface area contributed by atoms with Gasteiger partial charge >= 0.3 is 5.97 Å². The standard InChI is InChI=1S/C7H8N2O2/c1-7(2,6(10)11)5(3-8)4-9/h5H,1-2H3,(H,10,11). The van der Waals surface area contributed by atoms with Crippen LogP contribution in [0.5, 0.6) is 0 Å². The Hall–Kier alpha value is -1.55. The lowest BCUT2D eigenvalue weighted by atomic mass is 9.81. The fourth-order valence-corrected chi connectivity index (χ4v) is 0.475. The van der Waals surface area contributed by atoms with Crippen molar-refractivity contribution in [3.8, 4) is 12.1 Å². The molecule has 0 saturated carbocycles. The molecule has 0 heterocycles. The van der Waals surface area contributed by atoms with E-state index in [0.717, 1.165) is 0 Å². The fourth-order valence-electron chi connectivity index (χ4n) is 0.475. The number of rotatable bonds is 2. The minimum absolute atomic E-state index is 1.10. The maximum Gasteiger partial charge on any atom is 0.311 e. The molecule has 0 amide bonds. The molecular weight excluding hydrogens is 144 g/mol. The molecule has 0 aliphatic heterocycles. The van der Waals surface area contributed by atoms with Gasteiger partial charge in [0.2, 0.25) is 0 Å². The molecule has 0 fully saturated rings. The van der Waals surface area contributed by atoms with Crippen molar-refractivity contribution in [2.24, 2.45) is 11.3 Å². The second kappa shape index (κ2) is 3.03. The maximum atomic E-state index is 10.5. The molecule has 11 heavy (non-hydrogen) atoms. The van der Waals surface area contributed by atoms with Crippen LogP contribution in [0.3, 0.4) is 0 Å². The average molecular weight is 152 g/mol. The molecule has 0 aromatic heterocycles. The Morgan fingerprint density at radius 3 is 1.91 bits per heavy atom. The van der Waals surface area contributed by atoms with Crippen molar-refractivity contribution in [3.05, 3.63) is 0 Å². The number of nitriles is 2. The lowest BCUT2D eigenvalue weighted by molar-refractivity contribution is -0.147. The number of carboxylic acids is 1. The SMILES string of the molecule is CC(C)(C(=O)O)C(C#N)C#N. The van der Waals surface area contributed by atoms with E-state index in [0.29, 0.717) is 0 Å². The van der Waals surface area contributed by atoms with E-state index in [2.05, 4.69) is 0 Å². The highest BCUT2D eigenvalue weighted by Crippen LogP contribution is 2.25. The summed E-state index contributed by atoms with van der Waals surface area (Å²) >= 11 is 0. The maximum absolute atomic E-state index is 10.5. The van der Waals surface area contributed by atoms with Gasteiger partial charge in [0.15, 0.2) is 0 Å². The zero-order chi connectivity index (χ0) is 9.07. The number of hydrogen-bond donors (Lipinski definition) is 1. The Kier molecular flexibility index (Phi) is 2.60. The molecule has 0 aliphatic carbocycles. The van der Waals surface area contributed by atoms with Gasteiger partial charge in [0, 0.05) is 0 Å². The molecule has 0 bridgehead atoms. The van der Waals surface area contributed by atoms with Gasteiger partial charge in [0.1, 0.15) is 5.92 Å². The molecule has 0 spiro atoms. The van der Waals surface area contributed by atoms with Crippen LogP contribution < -0.4 is 0 Å². The second-order valence-electron chi connectivity index (χ2n) is 2.72. The van der Waals surface area contributed by atoms with Crippen LogP contribution in [-0.4, -0.2) is 11.1 Å². The van der Waals surface area contributed by atoms with E-state index in [1.54, 1.807) is 12.1 Å². The molecule has 0 unspecified atom stereocenters. The van der Waals surface area contributed by atoms with E-state index in [-0.39, 0.29) is 0 Å². The smallest absolute Gasteiger partial charge is 0.311 e. The van der Waals surface area contributed by atoms with Crippen molar-refractivity contribution >= 4 is 5.97 Å². The van der Waals surface area contributed by atoms with E-state index in [1.165, 1.54) is 13.8 Å². The third-order valence-electron chi connectivity index (χ3n) is 1.53. The van der Waals surface area contributed by atoms with Gasteiger partial charge in [-0.3, -0.25) is 4.79 Å². The minimum Gasteiger partial charge on any atom is -0.481 e. The van der Waals surface area contributed by atoms with Crippen LogP contribution in [0.4, 0.5) is 0 Å². The Labute approximate surface area is 64.7 Å². The van der Waals surface area contributed by atoms with Crippen molar-refractivity contribution in [2.45, 2.75) is 13.8 Å². The molecule has 0 aromatic carbocycles. The zero-order valence-electron chi connectivity index (χ0n) is 6.33. The van der Waals surface area contributed by atoms with Crippen LogP contribution in [0, 0.1) is 34.0 Å². The number of aliphatic carboxylic acids is 1. The van der Waals surface area contributed by atoms with Gasteiger partial charge < -0.3 is 5.11 Å². The Balaban J connectivity index is 4.72. The summed E-state index contributed by atoms with van der Waals surface area (Å²) in [6.45, 7) is 2.71. The number of hydrogen-bond acceptors (Lipinski definition) is 3. The zero-order valence-corrected chi connectivity index (χ0v) is 6.33. The van der Waals surface area contributed by atoms with E-state index < -0.39 is 17.3 Å². The number of carbonyl (C=O) groups is 1. The first-order chi connectivity index (χ1) is 4.96. The van der Waals surface area contributed by atoms with Gasteiger partial charge in [0.05, 0.1) is 17.6 Å². The number of nitrogens with zero attached hydrogens (tertiary/aromatic N) is 2. The van der Waals surface area contributed by atoms with E-state index >= 15 is 0 Å². The molecule has 0 aromatic rings. The fraction of sp³-hybridized carbons (Fsp3) is 0.571. The van der Waals surface area contributed by atoms with Crippen molar-refractivity contribution in [1.82, 2.24) is 0 Å². The van der Waals surface area contributed by atoms with Gasteiger partial charge in [0.25, 0.3) is 0 Å². The summed E-state index contributed by atoms with van der Waals surface area (Å²) in [6.07, 6.45) is 0. The van der Waals surface area contributed by atoms with E-state index in [9.17, 15) is 4.79 Å². The summed E-state index contributed by atoms with van der Waals surface area (Å²) < 4.78 is 0. The molecule has 0 saturated heterocycles. The van der Waals surface area contributed by atoms with Crippen molar-refractivity contribution in [1.29, 1.82) is 10.5 Å². The van der Waals surface area contributed by atoms with Gasteiger partial charge in [-0.1, -0.05) is 0 Å². The van der Waals surface area contributed by atoms with Gasteiger partial charge in [-0.2, -0.15) is 10.5 Å². The van der Waals surface area contributed by atoms with Crippen LogP contribution in [0.2, 0.25) is 0 Å². The van der Waals surface area contributed by atoms with Crippen LogP contribution in [-0.2, 0) is 4.79 Å². The predicted octanol–water partition coefficient (Wildman–Crippen LogP) is 0.761. The summed E-state index contributed by atoms with van der Waals surface area (Å²) in [5.74, 6) is -2.23. The first-order valence-corrected chi connectivity index (χ1v) is 2.99. The van der Waals surface area contributed by atoms with Crippen molar-refractivity contribution in [2.75, 3.05) is 0 Å². The largest absolute Gasteiger partial charge is 0.481 e. The third-order valence-corrected chi connectivity index (χ3v) is 1.53. The summed E-state index contributed by atoms with van der Waals surface area (Å²) in [7, 11) is 0. The van der Waals surface area contributed by atoms with Crippen LogP contribution in [0.1, 0.15) is 13.8 Å². The lowest BCUT2D eigenvalue weighted by Gasteiger charge is -2.18. The second-order valence-corrected chi connectivity index (χ2v) is 2.72. The average Bonchev–Trinajstić information content (AvgIpc) is 1.89. The van der Waals surface area contributed by atoms with E-state index in [1.807, 2.05) is 0 Å². The molecule has 0 atom stereocenters. The Bertz CT molecular complexity index is 230. The van der Waals surface area contributed by atoms with Crippen LogP contribution >= 0.6 is 0 Å². The Morgan fingerprint density at radius 2 is 1.82 bits per heavy atom.